The molecule has 0 saturated carbocycles. The molecule has 1 aromatic carbocycles. The van der Waals surface area contributed by atoms with E-state index >= 15 is 0 Å². The highest BCUT2D eigenvalue weighted by Crippen LogP contribution is 2.25. The Morgan fingerprint density at radius 1 is 1.33 bits per heavy atom. The van der Waals surface area contributed by atoms with E-state index in [2.05, 4.69) is 10.2 Å². The molecule has 0 radical (unpaired) electrons. The minimum Gasteiger partial charge on any atom is -0.466 e. The van der Waals surface area contributed by atoms with Crippen molar-refractivity contribution in [3.8, 4) is 11.5 Å². The molecule has 7 nitrogen and oxygen atoms in total. The highest BCUT2D eigenvalue weighted by Gasteiger charge is 2.29. The molecule has 2 heterocycles. The molecule has 1 aliphatic rings. The maximum atomic E-state index is 12.5. The Morgan fingerprint density at radius 3 is 2.85 bits per heavy atom. The van der Waals surface area contributed by atoms with Crippen LogP contribution in [0.1, 0.15) is 19.8 Å². The summed E-state index contributed by atoms with van der Waals surface area (Å²) in [4.78, 5) is 26.1. The predicted molar refractivity (Wildman–Crippen MR) is 101 cm³/mol. The minimum atomic E-state index is -0.243. The van der Waals surface area contributed by atoms with Gasteiger partial charge in [-0.25, -0.2) is 0 Å². The van der Waals surface area contributed by atoms with Crippen LogP contribution in [0.4, 0.5) is 0 Å². The summed E-state index contributed by atoms with van der Waals surface area (Å²) in [6.07, 6.45) is 1.55. The molecule has 1 atom stereocenters. The molecule has 0 unspecified atom stereocenters. The van der Waals surface area contributed by atoms with Crippen molar-refractivity contribution in [2.24, 2.45) is 5.92 Å². The van der Waals surface area contributed by atoms with E-state index in [1.165, 1.54) is 11.8 Å². The Labute approximate surface area is 166 Å². The standard InChI is InChI=1S/C18H20ClN3O4S/c1-2-25-17(24)13-4-3-9-22(10-13)15(23)11-27-18-21-20-16(26-18)12-5-7-14(19)8-6-12/h5-8,13H,2-4,9-11H2,1H3/t13-/m1/s1. The van der Waals surface area contributed by atoms with Gasteiger partial charge in [-0.2, -0.15) is 0 Å². The number of benzene rings is 1. The lowest BCUT2D eigenvalue weighted by Crippen LogP contribution is -2.43. The fourth-order valence-electron chi connectivity index (χ4n) is 2.85. The van der Waals surface area contributed by atoms with Gasteiger partial charge in [0.05, 0.1) is 18.3 Å². The van der Waals surface area contributed by atoms with Gasteiger partial charge in [0.25, 0.3) is 5.22 Å². The number of ether oxygens (including phenoxy) is 1. The fourth-order valence-corrected chi connectivity index (χ4v) is 3.64. The third kappa shape index (κ3) is 5.23. The second-order valence-electron chi connectivity index (χ2n) is 6.10. The normalized spacial score (nSPS) is 17.0. The fraction of sp³-hybridized carbons (Fsp3) is 0.444. The van der Waals surface area contributed by atoms with E-state index in [0.29, 0.717) is 35.8 Å². The van der Waals surface area contributed by atoms with Crippen LogP contribution in [0, 0.1) is 5.92 Å². The number of carbonyl (C=O) groups excluding carboxylic acids is 2. The molecule has 9 heteroatoms. The number of aromatic nitrogens is 2. The van der Waals surface area contributed by atoms with Crippen LogP contribution in [0.25, 0.3) is 11.5 Å². The summed E-state index contributed by atoms with van der Waals surface area (Å²) in [6, 6.07) is 7.07. The van der Waals surface area contributed by atoms with Gasteiger partial charge in [0, 0.05) is 23.7 Å². The first-order valence-electron chi connectivity index (χ1n) is 8.73. The van der Waals surface area contributed by atoms with Crippen molar-refractivity contribution in [1.82, 2.24) is 15.1 Å². The molecule has 144 valence electrons. The molecule has 1 saturated heterocycles. The van der Waals surface area contributed by atoms with E-state index in [1.807, 2.05) is 0 Å². The third-order valence-electron chi connectivity index (χ3n) is 4.21. The van der Waals surface area contributed by atoms with Crippen molar-refractivity contribution >= 4 is 35.2 Å². The molecule has 0 aliphatic carbocycles. The molecule has 3 rings (SSSR count). The Morgan fingerprint density at radius 2 is 2.11 bits per heavy atom. The largest absolute Gasteiger partial charge is 0.466 e. The maximum absolute atomic E-state index is 12.5. The third-order valence-corrected chi connectivity index (χ3v) is 5.27. The van der Waals surface area contributed by atoms with Crippen LogP contribution in [0.3, 0.4) is 0 Å². The number of carbonyl (C=O) groups is 2. The van der Waals surface area contributed by atoms with Crippen LogP contribution in [0.2, 0.25) is 5.02 Å². The zero-order valence-electron chi connectivity index (χ0n) is 14.9. The highest BCUT2D eigenvalue weighted by atomic mass is 35.5. The summed E-state index contributed by atoms with van der Waals surface area (Å²) in [6.45, 7) is 3.18. The van der Waals surface area contributed by atoms with E-state index in [-0.39, 0.29) is 23.5 Å². The van der Waals surface area contributed by atoms with E-state index in [9.17, 15) is 9.59 Å². The first-order valence-corrected chi connectivity index (χ1v) is 10.1. The highest BCUT2D eigenvalue weighted by molar-refractivity contribution is 7.99. The molecular formula is C18H20ClN3O4S. The number of rotatable bonds is 6. The zero-order chi connectivity index (χ0) is 19.2. The Bertz CT molecular complexity index is 796. The first kappa shape index (κ1) is 19.7. The molecule has 0 bridgehead atoms. The van der Waals surface area contributed by atoms with Crippen molar-refractivity contribution < 1.29 is 18.7 Å². The number of nitrogens with zero attached hydrogens (tertiary/aromatic N) is 3. The Hall–Kier alpha value is -2.06. The molecule has 0 spiro atoms. The second-order valence-corrected chi connectivity index (χ2v) is 7.46. The van der Waals surface area contributed by atoms with Gasteiger partial charge >= 0.3 is 5.97 Å². The molecule has 27 heavy (non-hydrogen) atoms. The number of likely N-dealkylation sites (tertiary alicyclic amines) is 1. The van der Waals surface area contributed by atoms with Crippen molar-refractivity contribution in [1.29, 1.82) is 0 Å². The van der Waals surface area contributed by atoms with E-state index in [1.54, 1.807) is 36.1 Å². The molecule has 0 N–H and O–H groups in total. The van der Waals surface area contributed by atoms with Crippen molar-refractivity contribution in [2.75, 3.05) is 25.4 Å². The lowest BCUT2D eigenvalue weighted by Gasteiger charge is -2.31. The topological polar surface area (TPSA) is 85.5 Å². The number of esters is 1. The minimum absolute atomic E-state index is 0.0553. The van der Waals surface area contributed by atoms with Gasteiger partial charge in [0.1, 0.15) is 0 Å². The van der Waals surface area contributed by atoms with Gasteiger partial charge in [-0.1, -0.05) is 23.4 Å². The second kappa shape index (κ2) is 9.23. The quantitative estimate of drug-likeness (QED) is 0.534. The smallest absolute Gasteiger partial charge is 0.310 e. The summed E-state index contributed by atoms with van der Waals surface area (Å²) in [5, 5.41) is 8.92. The SMILES string of the molecule is CCOC(=O)[C@@H]1CCCN(C(=O)CSc2nnc(-c3ccc(Cl)cc3)o2)C1. The average molecular weight is 410 g/mol. The average Bonchev–Trinajstić information content (AvgIpc) is 3.16. The Kier molecular flexibility index (Phi) is 6.73. The number of piperidine rings is 1. The first-order chi connectivity index (χ1) is 13.1. The van der Waals surface area contributed by atoms with Crippen molar-refractivity contribution in [3.63, 3.8) is 0 Å². The number of hydrogen-bond donors (Lipinski definition) is 0. The van der Waals surface area contributed by atoms with Gasteiger partial charge in [-0.15, -0.1) is 10.2 Å². The molecule has 1 amide bonds. The van der Waals surface area contributed by atoms with Gasteiger partial charge in [-0.05, 0) is 44.0 Å². The van der Waals surface area contributed by atoms with Gasteiger partial charge in [0.15, 0.2) is 0 Å². The van der Waals surface area contributed by atoms with Crippen LogP contribution in [0.15, 0.2) is 33.9 Å². The maximum Gasteiger partial charge on any atom is 0.310 e. The molecular weight excluding hydrogens is 390 g/mol. The van der Waals surface area contributed by atoms with Crippen LogP contribution >= 0.6 is 23.4 Å². The van der Waals surface area contributed by atoms with E-state index in [0.717, 1.165) is 18.4 Å². The van der Waals surface area contributed by atoms with Gasteiger partial charge in [-0.3, -0.25) is 9.59 Å². The van der Waals surface area contributed by atoms with Crippen LogP contribution in [-0.4, -0.2) is 52.4 Å². The van der Waals surface area contributed by atoms with Crippen molar-refractivity contribution in [3.05, 3.63) is 29.3 Å². The molecule has 2 aromatic rings. The van der Waals surface area contributed by atoms with Crippen LogP contribution < -0.4 is 0 Å². The molecule has 1 aliphatic heterocycles. The molecule has 1 aromatic heterocycles. The number of halogens is 1. The summed E-state index contributed by atoms with van der Waals surface area (Å²) in [7, 11) is 0. The van der Waals surface area contributed by atoms with Gasteiger partial charge in [0.2, 0.25) is 11.8 Å². The Balaban J connectivity index is 1.53. The number of amides is 1. The number of hydrogen-bond acceptors (Lipinski definition) is 7. The lowest BCUT2D eigenvalue weighted by molar-refractivity contribution is -0.151. The summed E-state index contributed by atoms with van der Waals surface area (Å²) < 4.78 is 10.7. The van der Waals surface area contributed by atoms with E-state index < -0.39 is 0 Å². The van der Waals surface area contributed by atoms with Crippen LogP contribution in [-0.2, 0) is 14.3 Å². The molecule has 1 fully saturated rings. The number of thioether (sulfide) groups is 1. The summed E-state index contributed by atoms with van der Waals surface area (Å²) in [5.41, 5.74) is 0.762. The van der Waals surface area contributed by atoms with Crippen LogP contribution in [0.5, 0.6) is 0 Å². The lowest BCUT2D eigenvalue weighted by atomic mass is 9.98. The monoisotopic (exact) mass is 409 g/mol. The summed E-state index contributed by atoms with van der Waals surface area (Å²) in [5.74, 6) is 0.0274. The van der Waals surface area contributed by atoms with E-state index in [4.69, 9.17) is 20.8 Å². The van der Waals surface area contributed by atoms with Gasteiger partial charge < -0.3 is 14.1 Å². The van der Waals surface area contributed by atoms with Crippen molar-refractivity contribution in [2.45, 2.75) is 25.0 Å². The summed E-state index contributed by atoms with van der Waals surface area (Å²) >= 11 is 7.06. The predicted octanol–water partition coefficient (Wildman–Crippen LogP) is 3.28. The zero-order valence-corrected chi connectivity index (χ0v) is 16.5.